The topological polar surface area (TPSA) is 38.0 Å². The molecule has 0 spiro atoms. The molecule has 0 fully saturated rings. The molecular weight excluding hydrogens is 136 g/mol. The van der Waals surface area contributed by atoms with E-state index in [9.17, 15) is 0 Å². The van der Waals surface area contributed by atoms with E-state index in [1.54, 1.807) is 0 Å². The predicted molar refractivity (Wildman–Crippen MR) is 50.0 cm³/mol. The average molecular weight is 158 g/mol. The zero-order chi connectivity index (χ0) is 8.91. The lowest BCUT2D eigenvalue weighted by molar-refractivity contribution is 0.295. The van der Waals surface area contributed by atoms with Crippen molar-refractivity contribution in [2.75, 3.05) is 6.54 Å². The first-order valence-electron chi connectivity index (χ1n) is 4.39. The molecule has 0 saturated carbocycles. The third kappa shape index (κ3) is 7.82. The van der Waals surface area contributed by atoms with Gasteiger partial charge in [-0.1, -0.05) is 27.7 Å². The number of rotatable bonds is 4. The maximum atomic E-state index is 5.19. The Labute approximate surface area is 70.5 Å². The lowest BCUT2D eigenvalue weighted by Gasteiger charge is -2.22. The maximum absolute atomic E-state index is 5.19. The Bertz CT molecular complexity index is 94.2. The third-order valence-corrected chi connectivity index (χ3v) is 1.74. The molecule has 0 aliphatic heterocycles. The molecule has 2 heteroatoms. The molecule has 11 heavy (non-hydrogen) atoms. The first kappa shape index (κ1) is 10.9. The highest BCUT2D eigenvalue weighted by atomic mass is 15.2. The van der Waals surface area contributed by atoms with Gasteiger partial charge in [0.2, 0.25) is 0 Å². The fourth-order valence-electron chi connectivity index (χ4n) is 1.48. The summed E-state index contributed by atoms with van der Waals surface area (Å²) < 4.78 is 0. The van der Waals surface area contributed by atoms with Crippen molar-refractivity contribution in [3.05, 3.63) is 0 Å². The average Bonchev–Trinajstić information content (AvgIpc) is 1.79. The van der Waals surface area contributed by atoms with Crippen LogP contribution in [0.1, 0.15) is 40.5 Å². The van der Waals surface area contributed by atoms with E-state index in [1.165, 1.54) is 12.8 Å². The second kappa shape index (κ2) is 4.73. The summed E-state index contributed by atoms with van der Waals surface area (Å²) in [5.41, 5.74) is 3.14. The minimum absolute atomic E-state index is 0.452. The third-order valence-electron chi connectivity index (χ3n) is 1.74. The molecule has 0 bridgehead atoms. The van der Waals surface area contributed by atoms with Gasteiger partial charge in [-0.3, -0.25) is 11.3 Å². The normalized spacial score (nSPS) is 15.0. The van der Waals surface area contributed by atoms with Crippen LogP contribution in [0.5, 0.6) is 0 Å². The van der Waals surface area contributed by atoms with Crippen molar-refractivity contribution < 1.29 is 0 Å². The van der Waals surface area contributed by atoms with E-state index in [4.69, 9.17) is 5.84 Å². The molecule has 0 heterocycles. The summed E-state index contributed by atoms with van der Waals surface area (Å²) in [5.74, 6) is 5.96. The van der Waals surface area contributed by atoms with Crippen molar-refractivity contribution in [3.63, 3.8) is 0 Å². The predicted octanol–water partition coefficient (Wildman–Crippen LogP) is 1.91. The molecule has 1 atom stereocenters. The molecule has 2 nitrogen and oxygen atoms in total. The van der Waals surface area contributed by atoms with Crippen LogP contribution in [0.4, 0.5) is 0 Å². The van der Waals surface area contributed by atoms with Gasteiger partial charge < -0.3 is 0 Å². The van der Waals surface area contributed by atoms with Gasteiger partial charge in [0.25, 0.3) is 0 Å². The first-order chi connectivity index (χ1) is 4.95. The molecule has 0 amide bonds. The van der Waals surface area contributed by atoms with Crippen LogP contribution in [0.3, 0.4) is 0 Å². The van der Waals surface area contributed by atoms with Crippen LogP contribution >= 0.6 is 0 Å². The lowest BCUT2D eigenvalue weighted by Crippen LogP contribution is -2.25. The molecule has 0 aliphatic carbocycles. The van der Waals surface area contributed by atoms with Crippen LogP contribution in [0.2, 0.25) is 0 Å². The Balaban J connectivity index is 3.44. The molecule has 0 rings (SSSR count). The summed E-state index contributed by atoms with van der Waals surface area (Å²) in [5, 5.41) is 0. The van der Waals surface area contributed by atoms with Crippen molar-refractivity contribution in [2.45, 2.75) is 40.5 Å². The summed E-state index contributed by atoms with van der Waals surface area (Å²) in [6.07, 6.45) is 2.45. The van der Waals surface area contributed by atoms with Gasteiger partial charge in [-0.2, -0.15) is 0 Å². The summed E-state index contributed by atoms with van der Waals surface area (Å²) in [6.45, 7) is 10.0. The van der Waals surface area contributed by atoms with Crippen LogP contribution < -0.4 is 11.3 Å². The van der Waals surface area contributed by atoms with Crippen molar-refractivity contribution in [3.8, 4) is 0 Å². The summed E-state index contributed by atoms with van der Waals surface area (Å²) in [7, 11) is 0. The van der Waals surface area contributed by atoms with Gasteiger partial charge in [-0.25, -0.2) is 0 Å². The highest BCUT2D eigenvalue weighted by molar-refractivity contribution is 4.66. The Hall–Kier alpha value is -0.0800. The highest BCUT2D eigenvalue weighted by Crippen LogP contribution is 2.25. The van der Waals surface area contributed by atoms with Gasteiger partial charge in [0, 0.05) is 6.54 Å². The number of nitrogens with two attached hydrogens (primary N) is 1. The van der Waals surface area contributed by atoms with E-state index >= 15 is 0 Å². The largest absolute Gasteiger partial charge is 0.271 e. The summed E-state index contributed by atoms with van der Waals surface area (Å²) in [6, 6.07) is 0. The quantitative estimate of drug-likeness (QED) is 0.484. The molecular formula is C9H22N2. The molecule has 0 saturated heterocycles. The van der Waals surface area contributed by atoms with Crippen LogP contribution in [0.15, 0.2) is 0 Å². The van der Waals surface area contributed by atoms with Crippen molar-refractivity contribution in [1.82, 2.24) is 5.43 Å². The highest BCUT2D eigenvalue weighted by Gasteiger charge is 2.14. The van der Waals surface area contributed by atoms with Gasteiger partial charge >= 0.3 is 0 Å². The van der Waals surface area contributed by atoms with E-state index in [0.717, 1.165) is 12.5 Å². The van der Waals surface area contributed by atoms with Gasteiger partial charge in [0.05, 0.1) is 0 Å². The zero-order valence-electron chi connectivity index (χ0n) is 8.28. The van der Waals surface area contributed by atoms with E-state index < -0.39 is 0 Å². The summed E-state index contributed by atoms with van der Waals surface area (Å²) >= 11 is 0. The SMILES string of the molecule is C[C@H](CCNN)CC(C)(C)C. The molecule has 3 N–H and O–H groups in total. The van der Waals surface area contributed by atoms with E-state index in [2.05, 4.69) is 33.1 Å². The molecule has 0 aliphatic rings. The second-order valence-corrected chi connectivity index (χ2v) is 4.61. The number of hydrazine groups is 1. The molecule has 0 unspecified atom stereocenters. The van der Waals surface area contributed by atoms with Crippen molar-refractivity contribution in [2.24, 2.45) is 17.2 Å². The van der Waals surface area contributed by atoms with E-state index in [0.29, 0.717) is 5.41 Å². The van der Waals surface area contributed by atoms with Crippen molar-refractivity contribution in [1.29, 1.82) is 0 Å². The Morgan fingerprint density at radius 3 is 2.27 bits per heavy atom. The van der Waals surface area contributed by atoms with Crippen LogP contribution in [0, 0.1) is 11.3 Å². The number of nitrogens with one attached hydrogen (secondary N) is 1. The van der Waals surface area contributed by atoms with E-state index in [1.807, 2.05) is 0 Å². The summed E-state index contributed by atoms with van der Waals surface area (Å²) in [4.78, 5) is 0. The van der Waals surface area contributed by atoms with Crippen LogP contribution in [0.25, 0.3) is 0 Å². The zero-order valence-corrected chi connectivity index (χ0v) is 8.28. The second-order valence-electron chi connectivity index (χ2n) is 4.61. The number of hydrogen-bond acceptors (Lipinski definition) is 2. The molecule has 0 aromatic heterocycles. The Morgan fingerprint density at radius 1 is 1.36 bits per heavy atom. The molecule has 68 valence electrons. The van der Waals surface area contributed by atoms with Gasteiger partial charge in [-0.05, 0) is 24.2 Å². The number of hydrogen-bond donors (Lipinski definition) is 2. The standard InChI is InChI=1S/C9H22N2/c1-8(5-6-11-10)7-9(2,3)4/h8,11H,5-7,10H2,1-4H3/t8-/m1/s1. The maximum Gasteiger partial charge on any atom is 0.00999 e. The van der Waals surface area contributed by atoms with Gasteiger partial charge in [0.15, 0.2) is 0 Å². The van der Waals surface area contributed by atoms with Crippen molar-refractivity contribution >= 4 is 0 Å². The fourth-order valence-corrected chi connectivity index (χ4v) is 1.48. The van der Waals surface area contributed by atoms with Crippen LogP contribution in [-0.4, -0.2) is 6.54 Å². The smallest absolute Gasteiger partial charge is 0.00999 e. The molecule has 0 aromatic carbocycles. The van der Waals surface area contributed by atoms with Gasteiger partial charge in [-0.15, -0.1) is 0 Å². The van der Waals surface area contributed by atoms with E-state index in [-0.39, 0.29) is 0 Å². The minimum atomic E-state index is 0.452. The Kier molecular flexibility index (Phi) is 4.69. The Morgan fingerprint density at radius 2 is 1.91 bits per heavy atom. The van der Waals surface area contributed by atoms with Crippen LogP contribution in [-0.2, 0) is 0 Å². The molecule has 0 radical (unpaired) electrons. The lowest BCUT2D eigenvalue weighted by atomic mass is 9.84. The molecule has 0 aromatic rings. The fraction of sp³-hybridized carbons (Fsp3) is 1.00. The minimum Gasteiger partial charge on any atom is -0.271 e. The first-order valence-corrected chi connectivity index (χ1v) is 4.39. The monoisotopic (exact) mass is 158 g/mol. The van der Waals surface area contributed by atoms with Gasteiger partial charge in [0.1, 0.15) is 0 Å².